The molecule has 7 heteroatoms. The molecule has 1 amide bonds. The van der Waals surface area contributed by atoms with Gasteiger partial charge in [0.1, 0.15) is 6.04 Å². The smallest absolute Gasteiger partial charge is 0.267 e. The van der Waals surface area contributed by atoms with Crippen molar-refractivity contribution >= 4 is 32.4 Å². The third-order valence-electron chi connectivity index (χ3n) is 3.74. The fraction of sp³-hybridized carbons (Fsp3) is 0.353. The van der Waals surface area contributed by atoms with E-state index >= 15 is 0 Å². The monoisotopic (exact) mass is 350 g/mol. The number of hydrogen-bond acceptors (Lipinski definition) is 4. The van der Waals surface area contributed by atoms with Crippen LogP contribution in [0.5, 0.6) is 0 Å². The Kier molecular flexibility index (Phi) is 5.46. The molecule has 2 aromatic carbocycles. The zero-order valence-electron chi connectivity index (χ0n) is 13.9. The lowest BCUT2D eigenvalue weighted by atomic mass is 10.0. The molecule has 2 N–H and O–H groups in total. The quantitative estimate of drug-likeness (QED) is 0.619. The number of benzene rings is 2. The summed E-state index contributed by atoms with van der Waals surface area (Å²) in [5.74, 6) is -0.681. The fourth-order valence-electron chi connectivity index (χ4n) is 2.75. The van der Waals surface area contributed by atoms with E-state index in [4.69, 9.17) is 5.21 Å². The number of carbonyl (C=O) groups is 1. The second kappa shape index (κ2) is 7.19. The minimum absolute atomic E-state index is 0.0667. The largest absolute Gasteiger partial charge is 0.289 e. The van der Waals surface area contributed by atoms with Gasteiger partial charge in [0.05, 0.1) is 11.9 Å². The number of hydroxylamine groups is 1. The molecule has 0 heterocycles. The molecule has 0 fully saturated rings. The molecule has 0 saturated carbocycles. The zero-order chi connectivity index (χ0) is 17.9. The van der Waals surface area contributed by atoms with Crippen LogP contribution in [0.2, 0.25) is 0 Å². The third kappa shape index (κ3) is 4.04. The van der Waals surface area contributed by atoms with Gasteiger partial charge in [-0.2, -0.15) is 0 Å². The molecular weight excluding hydrogens is 328 g/mol. The van der Waals surface area contributed by atoms with E-state index in [0.29, 0.717) is 5.69 Å². The number of anilines is 1. The summed E-state index contributed by atoms with van der Waals surface area (Å²) in [7, 11) is -3.73. The Morgan fingerprint density at radius 2 is 1.79 bits per heavy atom. The number of sulfonamides is 1. The van der Waals surface area contributed by atoms with Crippen LogP contribution in [-0.2, 0) is 14.8 Å². The highest BCUT2D eigenvalue weighted by molar-refractivity contribution is 7.92. The third-order valence-corrected chi connectivity index (χ3v) is 4.92. The Morgan fingerprint density at radius 3 is 2.33 bits per heavy atom. The molecule has 0 aliphatic carbocycles. The molecule has 2 aromatic rings. The Morgan fingerprint density at radius 1 is 1.17 bits per heavy atom. The Labute approximate surface area is 142 Å². The lowest BCUT2D eigenvalue weighted by Crippen LogP contribution is -2.49. The van der Waals surface area contributed by atoms with E-state index in [1.165, 1.54) is 0 Å². The summed E-state index contributed by atoms with van der Waals surface area (Å²) in [6.07, 6.45) is 1.34. The van der Waals surface area contributed by atoms with E-state index in [-0.39, 0.29) is 12.3 Å². The lowest BCUT2D eigenvalue weighted by molar-refractivity contribution is -0.130. The predicted molar refractivity (Wildman–Crippen MR) is 94.4 cm³/mol. The molecule has 0 spiro atoms. The molecule has 0 aromatic heterocycles. The van der Waals surface area contributed by atoms with Crippen LogP contribution in [0.4, 0.5) is 5.69 Å². The fourth-order valence-corrected chi connectivity index (χ4v) is 3.89. The van der Waals surface area contributed by atoms with Crippen LogP contribution in [-0.4, -0.2) is 31.8 Å². The van der Waals surface area contributed by atoms with Crippen molar-refractivity contribution in [2.45, 2.75) is 26.3 Å². The van der Waals surface area contributed by atoms with Gasteiger partial charge in [-0.05, 0) is 35.2 Å². The first kappa shape index (κ1) is 18.2. The van der Waals surface area contributed by atoms with Gasteiger partial charge in [0.2, 0.25) is 10.0 Å². The summed E-state index contributed by atoms with van der Waals surface area (Å²) < 4.78 is 25.8. The van der Waals surface area contributed by atoms with Gasteiger partial charge in [0.15, 0.2) is 0 Å². The summed E-state index contributed by atoms with van der Waals surface area (Å²) >= 11 is 0. The summed E-state index contributed by atoms with van der Waals surface area (Å²) in [6.45, 7) is 3.77. The van der Waals surface area contributed by atoms with Crippen LogP contribution in [0, 0.1) is 5.92 Å². The van der Waals surface area contributed by atoms with Crippen LogP contribution in [0.3, 0.4) is 0 Å². The van der Waals surface area contributed by atoms with Crippen molar-refractivity contribution in [1.29, 1.82) is 0 Å². The maximum atomic E-state index is 12.4. The van der Waals surface area contributed by atoms with Crippen LogP contribution in [0.15, 0.2) is 42.5 Å². The Hall–Kier alpha value is -2.12. The highest BCUT2D eigenvalue weighted by atomic mass is 32.2. The standard InChI is InChI=1S/C17H22N2O4S/c1-12(2)10-16(17(20)18-21)19(24(3,22)23)15-9-8-13-6-4-5-7-14(13)11-15/h4-9,11-12,16,21H,10H2,1-3H3,(H,18,20). The van der Waals surface area contributed by atoms with E-state index in [1.54, 1.807) is 17.6 Å². The molecule has 0 bridgehead atoms. The Bertz CT molecular complexity index is 833. The number of nitrogens with one attached hydrogen (secondary N) is 1. The second-order valence-corrected chi connectivity index (χ2v) is 8.07. The van der Waals surface area contributed by atoms with Gasteiger partial charge in [0, 0.05) is 0 Å². The van der Waals surface area contributed by atoms with Gasteiger partial charge in [0.25, 0.3) is 5.91 Å². The Balaban J connectivity index is 2.59. The second-order valence-electron chi connectivity index (χ2n) is 6.21. The molecule has 1 atom stereocenters. The summed E-state index contributed by atoms with van der Waals surface area (Å²) in [5.41, 5.74) is 1.98. The molecule has 0 radical (unpaired) electrons. The summed E-state index contributed by atoms with van der Waals surface area (Å²) in [4.78, 5) is 12.1. The van der Waals surface area contributed by atoms with Gasteiger partial charge >= 0.3 is 0 Å². The summed E-state index contributed by atoms with van der Waals surface area (Å²) in [6, 6.07) is 11.8. The first-order chi connectivity index (χ1) is 11.2. The van der Waals surface area contributed by atoms with Crippen LogP contribution >= 0.6 is 0 Å². The molecule has 130 valence electrons. The number of carbonyl (C=O) groups excluding carboxylic acids is 1. The number of amides is 1. The SMILES string of the molecule is CC(C)CC(C(=O)NO)N(c1ccc2ccccc2c1)S(C)(=O)=O. The number of hydrogen-bond donors (Lipinski definition) is 2. The minimum atomic E-state index is -3.73. The average molecular weight is 350 g/mol. The lowest BCUT2D eigenvalue weighted by Gasteiger charge is -2.31. The van der Waals surface area contributed by atoms with Crippen LogP contribution in [0.1, 0.15) is 20.3 Å². The van der Waals surface area contributed by atoms with Crippen molar-refractivity contribution in [2.24, 2.45) is 5.92 Å². The molecule has 1 unspecified atom stereocenters. The van der Waals surface area contributed by atoms with Crippen LogP contribution in [0.25, 0.3) is 10.8 Å². The molecular formula is C17H22N2O4S. The van der Waals surface area contributed by atoms with Crippen molar-refractivity contribution in [3.8, 4) is 0 Å². The van der Waals surface area contributed by atoms with Gasteiger partial charge in [-0.25, -0.2) is 13.9 Å². The van der Waals surface area contributed by atoms with E-state index in [2.05, 4.69) is 0 Å². The maximum absolute atomic E-state index is 12.4. The van der Waals surface area contributed by atoms with E-state index in [0.717, 1.165) is 21.3 Å². The zero-order valence-corrected chi connectivity index (χ0v) is 14.7. The molecule has 0 saturated heterocycles. The summed E-state index contributed by atoms with van der Waals surface area (Å²) in [5, 5.41) is 10.9. The van der Waals surface area contributed by atoms with Gasteiger partial charge in [-0.3, -0.25) is 14.3 Å². The highest BCUT2D eigenvalue weighted by Gasteiger charge is 2.33. The van der Waals surface area contributed by atoms with Crippen molar-refractivity contribution < 1.29 is 18.4 Å². The number of nitrogens with zero attached hydrogens (tertiary/aromatic N) is 1. The van der Waals surface area contributed by atoms with Gasteiger partial charge in [-0.15, -0.1) is 0 Å². The van der Waals surface area contributed by atoms with Crippen molar-refractivity contribution in [3.63, 3.8) is 0 Å². The first-order valence-electron chi connectivity index (χ1n) is 7.66. The average Bonchev–Trinajstić information content (AvgIpc) is 2.51. The maximum Gasteiger partial charge on any atom is 0.267 e. The predicted octanol–water partition coefficient (Wildman–Crippen LogP) is 2.53. The van der Waals surface area contributed by atoms with Gasteiger partial charge < -0.3 is 0 Å². The van der Waals surface area contributed by atoms with Crippen molar-refractivity contribution in [3.05, 3.63) is 42.5 Å². The highest BCUT2D eigenvalue weighted by Crippen LogP contribution is 2.28. The van der Waals surface area contributed by atoms with E-state index < -0.39 is 22.0 Å². The number of fused-ring (bicyclic) bond motifs is 1. The van der Waals surface area contributed by atoms with E-state index in [1.807, 2.05) is 44.2 Å². The van der Waals surface area contributed by atoms with Crippen molar-refractivity contribution in [1.82, 2.24) is 5.48 Å². The van der Waals surface area contributed by atoms with Crippen LogP contribution < -0.4 is 9.79 Å². The molecule has 0 aliphatic heterocycles. The molecule has 6 nitrogen and oxygen atoms in total. The normalized spacial score (nSPS) is 13.0. The topological polar surface area (TPSA) is 86.7 Å². The van der Waals surface area contributed by atoms with Crippen molar-refractivity contribution in [2.75, 3.05) is 10.6 Å². The molecule has 24 heavy (non-hydrogen) atoms. The minimum Gasteiger partial charge on any atom is -0.289 e. The molecule has 2 rings (SSSR count). The van der Waals surface area contributed by atoms with Gasteiger partial charge in [-0.1, -0.05) is 44.2 Å². The van der Waals surface area contributed by atoms with E-state index in [9.17, 15) is 13.2 Å². The first-order valence-corrected chi connectivity index (χ1v) is 9.51. The molecule has 0 aliphatic rings. The number of rotatable bonds is 6.